The van der Waals surface area contributed by atoms with E-state index >= 15 is 0 Å². The maximum atomic E-state index is 10.9. The molecule has 0 fully saturated rings. The third-order valence-electron chi connectivity index (χ3n) is 3.26. The molecule has 1 aromatic carbocycles. The Kier molecular flexibility index (Phi) is 4.20. The minimum Gasteiger partial charge on any atom is -0.494 e. The Morgan fingerprint density at radius 1 is 1.50 bits per heavy atom. The van der Waals surface area contributed by atoms with Crippen LogP contribution in [0.1, 0.15) is 36.4 Å². The number of esters is 1. The molecule has 2 N–H and O–H groups in total. The van der Waals surface area contributed by atoms with Gasteiger partial charge in [0.25, 0.3) is 0 Å². The zero-order valence-electron chi connectivity index (χ0n) is 10.6. The third kappa shape index (κ3) is 3.01. The smallest absolute Gasteiger partial charge is 0.305 e. The largest absolute Gasteiger partial charge is 0.494 e. The summed E-state index contributed by atoms with van der Waals surface area (Å²) in [5, 5.41) is 0. The topological polar surface area (TPSA) is 61.5 Å². The van der Waals surface area contributed by atoms with Gasteiger partial charge in [0.2, 0.25) is 0 Å². The van der Waals surface area contributed by atoms with Crippen molar-refractivity contribution in [2.75, 3.05) is 13.7 Å². The highest BCUT2D eigenvalue weighted by Gasteiger charge is 2.18. The first kappa shape index (κ1) is 12.9. The third-order valence-corrected chi connectivity index (χ3v) is 3.26. The molecule has 0 amide bonds. The SMILES string of the molecule is COC(=O)CCCOc1ccc2c(c1)CC[C@@H]2N. The number of carbonyl (C=O) groups is 1. The molecule has 2 rings (SSSR count). The van der Waals surface area contributed by atoms with Gasteiger partial charge in [-0.15, -0.1) is 0 Å². The highest BCUT2D eigenvalue weighted by Crippen LogP contribution is 2.31. The van der Waals surface area contributed by atoms with Crippen LogP contribution in [-0.4, -0.2) is 19.7 Å². The van der Waals surface area contributed by atoms with E-state index in [0.29, 0.717) is 19.4 Å². The van der Waals surface area contributed by atoms with Gasteiger partial charge in [-0.05, 0) is 42.5 Å². The summed E-state index contributed by atoms with van der Waals surface area (Å²) in [6, 6.07) is 6.22. The Morgan fingerprint density at radius 2 is 2.33 bits per heavy atom. The summed E-state index contributed by atoms with van der Waals surface area (Å²) in [7, 11) is 1.40. The molecule has 0 saturated heterocycles. The maximum absolute atomic E-state index is 10.9. The number of benzene rings is 1. The lowest BCUT2D eigenvalue weighted by molar-refractivity contribution is -0.140. The van der Waals surface area contributed by atoms with Crippen LogP contribution < -0.4 is 10.5 Å². The summed E-state index contributed by atoms with van der Waals surface area (Å²) in [5.74, 6) is 0.659. The highest BCUT2D eigenvalue weighted by atomic mass is 16.5. The fraction of sp³-hybridized carbons (Fsp3) is 0.500. The van der Waals surface area contributed by atoms with Crippen molar-refractivity contribution in [2.45, 2.75) is 31.7 Å². The number of methoxy groups -OCH3 is 1. The van der Waals surface area contributed by atoms with E-state index < -0.39 is 0 Å². The zero-order chi connectivity index (χ0) is 13.0. The summed E-state index contributed by atoms with van der Waals surface area (Å²) in [5.41, 5.74) is 8.49. The second-order valence-corrected chi connectivity index (χ2v) is 4.53. The van der Waals surface area contributed by atoms with Crippen molar-refractivity contribution >= 4 is 5.97 Å². The summed E-state index contributed by atoms with van der Waals surface area (Å²) in [6.07, 6.45) is 3.10. The Hall–Kier alpha value is -1.55. The van der Waals surface area contributed by atoms with E-state index in [9.17, 15) is 4.79 Å². The molecular weight excluding hydrogens is 230 g/mol. The average Bonchev–Trinajstić information content (AvgIpc) is 2.76. The van der Waals surface area contributed by atoms with Gasteiger partial charge in [0.05, 0.1) is 13.7 Å². The van der Waals surface area contributed by atoms with E-state index in [0.717, 1.165) is 18.6 Å². The van der Waals surface area contributed by atoms with Gasteiger partial charge in [-0.2, -0.15) is 0 Å². The molecule has 18 heavy (non-hydrogen) atoms. The lowest BCUT2D eigenvalue weighted by Gasteiger charge is -2.09. The van der Waals surface area contributed by atoms with E-state index in [-0.39, 0.29) is 12.0 Å². The van der Waals surface area contributed by atoms with E-state index in [2.05, 4.69) is 10.8 Å². The van der Waals surface area contributed by atoms with Crippen molar-refractivity contribution in [1.29, 1.82) is 0 Å². The second kappa shape index (κ2) is 5.87. The Labute approximate surface area is 107 Å². The molecule has 1 aromatic rings. The monoisotopic (exact) mass is 249 g/mol. The van der Waals surface area contributed by atoms with E-state index in [4.69, 9.17) is 10.5 Å². The summed E-state index contributed by atoms with van der Waals surface area (Å²) in [6.45, 7) is 0.528. The maximum Gasteiger partial charge on any atom is 0.305 e. The first-order chi connectivity index (χ1) is 8.70. The number of rotatable bonds is 5. The molecule has 0 aliphatic heterocycles. The van der Waals surface area contributed by atoms with Gasteiger partial charge in [0.1, 0.15) is 5.75 Å². The first-order valence-electron chi connectivity index (χ1n) is 6.28. The molecule has 0 radical (unpaired) electrons. The van der Waals surface area contributed by atoms with Crippen molar-refractivity contribution in [2.24, 2.45) is 5.73 Å². The van der Waals surface area contributed by atoms with Gasteiger partial charge < -0.3 is 15.2 Å². The first-order valence-corrected chi connectivity index (χ1v) is 6.28. The molecule has 4 nitrogen and oxygen atoms in total. The van der Waals surface area contributed by atoms with Crippen LogP contribution >= 0.6 is 0 Å². The fourth-order valence-electron chi connectivity index (χ4n) is 2.23. The molecule has 0 unspecified atom stereocenters. The highest BCUT2D eigenvalue weighted by molar-refractivity contribution is 5.69. The number of nitrogens with two attached hydrogens (primary N) is 1. The molecular formula is C14H19NO3. The van der Waals surface area contributed by atoms with Gasteiger partial charge in [-0.1, -0.05) is 6.07 Å². The molecule has 1 aliphatic carbocycles. The number of fused-ring (bicyclic) bond motifs is 1. The summed E-state index contributed by atoms with van der Waals surface area (Å²) < 4.78 is 10.2. The van der Waals surface area contributed by atoms with E-state index in [1.807, 2.05) is 12.1 Å². The van der Waals surface area contributed by atoms with Gasteiger partial charge >= 0.3 is 5.97 Å². The van der Waals surface area contributed by atoms with Crippen molar-refractivity contribution < 1.29 is 14.3 Å². The lowest BCUT2D eigenvalue weighted by Crippen LogP contribution is -2.06. The average molecular weight is 249 g/mol. The van der Waals surface area contributed by atoms with Crippen LogP contribution in [0.5, 0.6) is 5.75 Å². The van der Waals surface area contributed by atoms with Crippen molar-refractivity contribution in [3.05, 3.63) is 29.3 Å². The summed E-state index contributed by atoms with van der Waals surface area (Å²) >= 11 is 0. The Bertz CT molecular complexity index is 431. The number of hydrogen-bond acceptors (Lipinski definition) is 4. The van der Waals surface area contributed by atoms with Crippen LogP contribution in [0.25, 0.3) is 0 Å². The van der Waals surface area contributed by atoms with Crippen LogP contribution in [0.4, 0.5) is 0 Å². The molecule has 0 aromatic heterocycles. The predicted molar refractivity (Wildman–Crippen MR) is 68.4 cm³/mol. The standard InChI is InChI=1S/C14H19NO3/c1-17-14(16)3-2-8-18-11-5-6-12-10(9-11)4-7-13(12)15/h5-6,9,13H,2-4,7-8,15H2,1H3/t13-/m0/s1. The molecule has 0 spiro atoms. The normalized spacial score (nSPS) is 17.3. The molecule has 0 bridgehead atoms. The van der Waals surface area contributed by atoms with Crippen LogP contribution in [0.2, 0.25) is 0 Å². The lowest BCUT2D eigenvalue weighted by atomic mass is 10.1. The number of aryl methyl sites for hydroxylation is 1. The zero-order valence-corrected chi connectivity index (χ0v) is 10.6. The quantitative estimate of drug-likeness (QED) is 0.640. The Balaban J connectivity index is 1.82. The van der Waals surface area contributed by atoms with E-state index in [1.165, 1.54) is 18.2 Å². The molecule has 4 heteroatoms. The van der Waals surface area contributed by atoms with Crippen LogP contribution in [-0.2, 0) is 16.0 Å². The van der Waals surface area contributed by atoms with Gasteiger partial charge in [-0.25, -0.2) is 0 Å². The van der Waals surface area contributed by atoms with Gasteiger partial charge in [0.15, 0.2) is 0 Å². The van der Waals surface area contributed by atoms with Crippen molar-refractivity contribution in [1.82, 2.24) is 0 Å². The fourth-order valence-corrected chi connectivity index (χ4v) is 2.23. The molecule has 1 atom stereocenters. The van der Waals surface area contributed by atoms with Gasteiger partial charge in [0, 0.05) is 12.5 Å². The Morgan fingerprint density at radius 3 is 3.11 bits per heavy atom. The minimum atomic E-state index is -0.196. The summed E-state index contributed by atoms with van der Waals surface area (Å²) in [4.78, 5) is 10.9. The van der Waals surface area contributed by atoms with Crippen LogP contribution in [0.15, 0.2) is 18.2 Å². The molecule has 0 saturated carbocycles. The van der Waals surface area contributed by atoms with E-state index in [1.54, 1.807) is 0 Å². The molecule has 98 valence electrons. The van der Waals surface area contributed by atoms with Gasteiger partial charge in [-0.3, -0.25) is 4.79 Å². The molecule has 0 heterocycles. The van der Waals surface area contributed by atoms with Crippen molar-refractivity contribution in [3.8, 4) is 5.75 Å². The van der Waals surface area contributed by atoms with Crippen molar-refractivity contribution in [3.63, 3.8) is 0 Å². The minimum absolute atomic E-state index is 0.174. The molecule has 1 aliphatic rings. The van der Waals surface area contributed by atoms with Crippen LogP contribution in [0.3, 0.4) is 0 Å². The second-order valence-electron chi connectivity index (χ2n) is 4.53. The number of hydrogen-bond donors (Lipinski definition) is 1. The predicted octanol–water partition coefficient (Wildman–Crippen LogP) is 1.96. The van der Waals surface area contributed by atoms with Crippen LogP contribution in [0, 0.1) is 0 Å². The number of carbonyl (C=O) groups excluding carboxylic acids is 1. The number of ether oxygens (including phenoxy) is 2.